The molecule has 112 valence electrons. The highest BCUT2D eigenvalue weighted by Gasteiger charge is 2.26. The number of urea groups is 1. The lowest BCUT2D eigenvalue weighted by Crippen LogP contribution is -2.41. The van der Waals surface area contributed by atoms with E-state index in [9.17, 15) is 14.4 Å². The molecule has 7 nitrogen and oxygen atoms in total. The lowest BCUT2D eigenvalue weighted by atomic mass is 9.87. The van der Waals surface area contributed by atoms with Gasteiger partial charge in [-0.25, -0.2) is 4.79 Å². The van der Waals surface area contributed by atoms with Crippen LogP contribution in [0, 0.1) is 5.92 Å². The molecule has 20 heavy (non-hydrogen) atoms. The van der Waals surface area contributed by atoms with Crippen molar-refractivity contribution >= 4 is 17.9 Å². The van der Waals surface area contributed by atoms with E-state index in [1.54, 1.807) is 0 Å². The van der Waals surface area contributed by atoms with Crippen LogP contribution in [0.5, 0.6) is 0 Å². The summed E-state index contributed by atoms with van der Waals surface area (Å²) in [7, 11) is 0. The molecule has 0 aromatic carbocycles. The van der Waals surface area contributed by atoms with Crippen molar-refractivity contribution in [3.05, 3.63) is 12.7 Å². The summed E-state index contributed by atoms with van der Waals surface area (Å²) in [6.45, 7) is 3.51. The molecular weight excluding hydrogens is 264 g/mol. The molecule has 1 saturated carbocycles. The molecule has 0 aliphatic heterocycles. The van der Waals surface area contributed by atoms with Gasteiger partial charge in [0.25, 0.3) is 5.91 Å². The number of carbonyl (C=O) groups excluding carboxylic acids is 2. The SMILES string of the molecule is C=CCNC(=O)NC(=O)COC1CCC(C(=O)O)CC1. The molecule has 0 radical (unpaired) electrons. The molecule has 0 aromatic heterocycles. The fraction of sp³-hybridized carbons (Fsp3) is 0.615. The van der Waals surface area contributed by atoms with Crippen LogP contribution < -0.4 is 10.6 Å². The Morgan fingerprint density at radius 2 is 1.90 bits per heavy atom. The molecular formula is C13H20N2O5. The first kappa shape index (κ1) is 16.2. The van der Waals surface area contributed by atoms with Gasteiger partial charge in [-0.15, -0.1) is 6.58 Å². The molecule has 0 spiro atoms. The molecule has 0 aromatic rings. The van der Waals surface area contributed by atoms with E-state index in [-0.39, 0.29) is 25.2 Å². The standard InChI is InChI=1S/C13H20N2O5/c1-2-7-14-13(19)15-11(16)8-20-10-5-3-9(4-6-10)12(17)18/h2,9-10H,1,3-8H2,(H,17,18)(H2,14,15,16,19). The van der Waals surface area contributed by atoms with Gasteiger partial charge in [-0.05, 0) is 25.7 Å². The van der Waals surface area contributed by atoms with Crippen LogP contribution in [0.25, 0.3) is 0 Å². The predicted molar refractivity (Wildman–Crippen MR) is 71.1 cm³/mol. The fourth-order valence-electron chi connectivity index (χ4n) is 2.04. The molecule has 1 fully saturated rings. The third kappa shape index (κ3) is 5.83. The number of carboxylic acid groups (broad SMARTS) is 1. The summed E-state index contributed by atoms with van der Waals surface area (Å²) in [5.41, 5.74) is 0. The van der Waals surface area contributed by atoms with Gasteiger partial charge in [0.15, 0.2) is 0 Å². The maximum Gasteiger partial charge on any atom is 0.321 e. The number of amides is 3. The van der Waals surface area contributed by atoms with Gasteiger partial charge in [0.2, 0.25) is 0 Å². The largest absolute Gasteiger partial charge is 0.481 e. The van der Waals surface area contributed by atoms with E-state index >= 15 is 0 Å². The number of hydrogen-bond donors (Lipinski definition) is 3. The zero-order valence-electron chi connectivity index (χ0n) is 11.3. The summed E-state index contributed by atoms with van der Waals surface area (Å²) in [5, 5.41) is 13.4. The second kappa shape index (κ2) is 8.31. The van der Waals surface area contributed by atoms with Crippen LogP contribution in [-0.2, 0) is 14.3 Å². The summed E-state index contributed by atoms with van der Waals surface area (Å²) in [6.07, 6.45) is 3.73. The van der Waals surface area contributed by atoms with Crippen LogP contribution in [0.15, 0.2) is 12.7 Å². The molecule has 0 unspecified atom stereocenters. The van der Waals surface area contributed by atoms with E-state index in [4.69, 9.17) is 9.84 Å². The minimum atomic E-state index is -0.778. The Labute approximate surface area is 117 Å². The number of rotatable bonds is 6. The van der Waals surface area contributed by atoms with Gasteiger partial charge in [-0.1, -0.05) is 6.08 Å². The first-order valence-electron chi connectivity index (χ1n) is 6.56. The maximum atomic E-state index is 11.4. The monoisotopic (exact) mass is 284 g/mol. The molecule has 7 heteroatoms. The highest BCUT2D eigenvalue weighted by Crippen LogP contribution is 2.26. The predicted octanol–water partition coefficient (Wildman–Crippen LogP) is 0.658. The first-order valence-corrected chi connectivity index (χ1v) is 6.56. The van der Waals surface area contributed by atoms with Crippen LogP contribution in [-0.4, -0.2) is 42.3 Å². The number of carbonyl (C=O) groups is 3. The molecule has 3 N–H and O–H groups in total. The van der Waals surface area contributed by atoms with Crippen molar-refractivity contribution in [2.24, 2.45) is 5.92 Å². The normalized spacial score (nSPS) is 21.8. The number of ether oxygens (including phenoxy) is 1. The average molecular weight is 284 g/mol. The second-order valence-corrected chi connectivity index (χ2v) is 4.67. The molecule has 1 aliphatic carbocycles. The zero-order chi connectivity index (χ0) is 15.0. The Kier molecular flexibility index (Phi) is 6.72. The molecule has 0 bridgehead atoms. The Hall–Kier alpha value is -1.89. The van der Waals surface area contributed by atoms with Crippen molar-refractivity contribution in [2.75, 3.05) is 13.2 Å². The summed E-state index contributed by atoms with van der Waals surface area (Å²) >= 11 is 0. The zero-order valence-corrected chi connectivity index (χ0v) is 11.3. The maximum absolute atomic E-state index is 11.4. The summed E-state index contributed by atoms with van der Waals surface area (Å²) in [5.74, 6) is -1.61. The number of carboxylic acids is 1. The average Bonchev–Trinajstić information content (AvgIpc) is 2.43. The van der Waals surface area contributed by atoms with Crippen molar-refractivity contribution in [3.8, 4) is 0 Å². The van der Waals surface area contributed by atoms with Crippen molar-refractivity contribution in [3.63, 3.8) is 0 Å². The van der Waals surface area contributed by atoms with Crippen LogP contribution in [0.3, 0.4) is 0 Å². The van der Waals surface area contributed by atoms with Crippen LogP contribution >= 0.6 is 0 Å². The van der Waals surface area contributed by atoms with E-state index in [0.29, 0.717) is 25.7 Å². The molecule has 1 aliphatic rings. The quantitative estimate of drug-likeness (QED) is 0.621. The van der Waals surface area contributed by atoms with Gasteiger partial charge in [0.1, 0.15) is 6.61 Å². The summed E-state index contributed by atoms with van der Waals surface area (Å²) in [6, 6.07) is -0.590. The lowest BCUT2D eigenvalue weighted by Gasteiger charge is -2.25. The van der Waals surface area contributed by atoms with Gasteiger partial charge in [0.05, 0.1) is 12.0 Å². The molecule has 0 saturated heterocycles. The van der Waals surface area contributed by atoms with Gasteiger partial charge >= 0.3 is 12.0 Å². The van der Waals surface area contributed by atoms with Crippen molar-refractivity contribution in [2.45, 2.75) is 31.8 Å². The summed E-state index contributed by atoms with van der Waals surface area (Å²) < 4.78 is 5.37. The first-order chi connectivity index (χ1) is 9.52. The van der Waals surface area contributed by atoms with Gasteiger partial charge in [0, 0.05) is 6.54 Å². The fourth-order valence-corrected chi connectivity index (χ4v) is 2.04. The Morgan fingerprint density at radius 3 is 2.45 bits per heavy atom. The number of nitrogens with one attached hydrogen (secondary N) is 2. The van der Waals surface area contributed by atoms with Gasteiger partial charge < -0.3 is 15.2 Å². The Balaban J connectivity index is 2.17. The van der Waals surface area contributed by atoms with E-state index in [2.05, 4.69) is 17.2 Å². The molecule has 0 atom stereocenters. The number of hydrogen-bond acceptors (Lipinski definition) is 4. The second-order valence-electron chi connectivity index (χ2n) is 4.67. The Bertz CT molecular complexity index is 375. The molecule has 1 rings (SSSR count). The smallest absolute Gasteiger partial charge is 0.321 e. The topological polar surface area (TPSA) is 105 Å². The highest BCUT2D eigenvalue weighted by atomic mass is 16.5. The van der Waals surface area contributed by atoms with Crippen molar-refractivity contribution < 1.29 is 24.2 Å². The van der Waals surface area contributed by atoms with Crippen molar-refractivity contribution in [1.29, 1.82) is 0 Å². The minimum absolute atomic E-state index is 0.118. The van der Waals surface area contributed by atoms with Crippen LogP contribution in [0.2, 0.25) is 0 Å². The van der Waals surface area contributed by atoms with E-state index in [1.807, 2.05) is 0 Å². The minimum Gasteiger partial charge on any atom is -0.481 e. The van der Waals surface area contributed by atoms with E-state index in [0.717, 1.165) is 0 Å². The number of aliphatic carboxylic acids is 1. The van der Waals surface area contributed by atoms with Crippen LogP contribution in [0.4, 0.5) is 4.79 Å². The van der Waals surface area contributed by atoms with Crippen LogP contribution in [0.1, 0.15) is 25.7 Å². The number of imide groups is 1. The third-order valence-electron chi connectivity index (χ3n) is 3.13. The van der Waals surface area contributed by atoms with Gasteiger partial charge in [-0.3, -0.25) is 14.9 Å². The van der Waals surface area contributed by atoms with Crippen molar-refractivity contribution in [1.82, 2.24) is 10.6 Å². The highest BCUT2D eigenvalue weighted by molar-refractivity contribution is 5.94. The van der Waals surface area contributed by atoms with E-state index < -0.39 is 17.9 Å². The third-order valence-corrected chi connectivity index (χ3v) is 3.13. The summed E-state index contributed by atoms with van der Waals surface area (Å²) in [4.78, 5) is 33.4. The Morgan fingerprint density at radius 1 is 1.25 bits per heavy atom. The van der Waals surface area contributed by atoms with E-state index in [1.165, 1.54) is 6.08 Å². The van der Waals surface area contributed by atoms with Gasteiger partial charge in [-0.2, -0.15) is 0 Å². The lowest BCUT2D eigenvalue weighted by molar-refractivity contribution is -0.144. The molecule has 0 heterocycles. The molecule has 3 amide bonds.